The van der Waals surface area contributed by atoms with E-state index in [-0.39, 0.29) is 18.0 Å². The van der Waals surface area contributed by atoms with Gasteiger partial charge in [0, 0.05) is 5.56 Å². The standard InChI is InChI=1S/C19H29Cl2N3O2/c1-5-24(6-2)12-8-9-14(4)22-19(26-7-3)23-18(25)15-10-11-16(20)17(21)13-15/h10-11,13-14H,5-9,12H2,1-4H3,(H,22,23,25)/t14-/m1/s1. The molecule has 0 bridgehead atoms. The molecule has 0 aromatic heterocycles. The van der Waals surface area contributed by atoms with Gasteiger partial charge in [0.1, 0.15) is 0 Å². The number of amides is 1. The fourth-order valence-electron chi connectivity index (χ4n) is 2.46. The number of benzene rings is 1. The van der Waals surface area contributed by atoms with Gasteiger partial charge in [0.25, 0.3) is 11.9 Å². The van der Waals surface area contributed by atoms with Crippen molar-refractivity contribution in [2.75, 3.05) is 26.2 Å². The molecule has 1 atom stereocenters. The number of amidine groups is 1. The molecule has 7 heteroatoms. The highest BCUT2D eigenvalue weighted by Crippen LogP contribution is 2.22. The number of hydrogen-bond acceptors (Lipinski definition) is 4. The fraction of sp³-hybridized carbons (Fsp3) is 0.579. The Morgan fingerprint density at radius 1 is 1.23 bits per heavy atom. The van der Waals surface area contributed by atoms with Crippen molar-refractivity contribution < 1.29 is 9.53 Å². The molecule has 146 valence electrons. The average Bonchev–Trinajstić information content (AvgIpc) is 2.61. The van der Waals surface area contributed by atoms with Crippen molar-refractivity contribution >= 4 is 35.1 Å². The van der Waals surface area contributed by atoms with E-state index in [1.54, 1.807) is 12.1 Å². The average molecular weight is 402 g/mol. The van der Waals surface area contributed by atoms with Crippen LogP contribution in [0.15, 0.2) is 23.2 Å². The summed E-state index contributed by atoms with van der Waals surface area (Å²) in [7, 11) is 0. The summed E-state index contributed by atoms with van der Waals surface area (Å²) >= 11 is 11.9. The first-order valence-corrected chi connectivity index (χ1v) is 9.86. The second-order valence-corrected chi connectivity index (χ2v) is 6.78. The maximum atomic E-state index is 12.4. The molecule has 26 heavy (non-hydrogen) atoms. The lowest BCUT2D eigenvalue weighted by molar-refractivity contribution is 0.0966. The third kappa shape index (κ3) is 7.94. The molecule has 1 aromatic rings. The first-order valence-electron chi connectivity index (χ1n) is 9.10. The topological polar surface area (TPSA) is 53.9 Å². The second kappa shape index (κ2) is 12.2. The molecule has 0 saturated carbocycles. The lowest BCUT2D eigenvalue weighted by atomic mass is 10.2. The van der Waals surface area contributed by atoms with Crippen LogP contribution in [0.1, 0.15) is 50.9 Å². The lowest BCUT2D eigenvalue weighted by Gasteiger charge is -2.18. The summed E-state index contributed by atoms with van der Waals surface area (Å²) in [5.74, 6) is -0.328. The molecule has 0 aliphatic carbocycles. The Morgan fingerprint density at radius 2 is 1.92 bits per heavy atom. The molecule has 5 nitrogen and oxygen atoms in total. The van der Waals surface area contributed by atoms with Gasteiger partial charge in [-0.05, 0) is 64.5 Å². The minimum absolute atomic E-state index is 0.0567. The van der Waals surface area contributed by atoms with Crippen LogP contribution >= 0.6 is 23.2 Å². The zero-order valence-electron chi connectivity index (χ0n) is 16.0. The highest BCUT2D eigenvalue weighted by Gasteiger charge is 2.13. The number of aliphatic imine (C=N–C) groups is 1. The highest BCUT2D eigenvalue weighted by atomic mass is 35.5. The van der Waals surface area contributed by atoms with Crippen LogP contribution in [0.4, 0.5) is 0 Å². The van der Waals surface area contributed by atoms with Crippen LogP contribution in [-0.2, 0) is 4.74 Å². The van der Waals surface area contributed by atoms with E-state index in [1.807, 2.05) is 13.8 Å². The van der Waals surface area contributed by atoms with Crippen molar-refractivity contribution in [2.24, 2.45) is 4.99 Å². The lowest BCUT2D eigenvalue weighted by Crippen LogP contribution is -2.33. The van der Waals surface area contributed by atoms with Gasteiger partial charge in [-0.1, -0.05) is 37.0 Å². The van der Waals surface area contributed by atoms with Crippen LogP contribution in [-0.4, -0.2) is 49.1 Å². The number of nitrogens with zero attached hydrogens (tertiary/aromatic N) is 2. The Kier molecular flexibility index (Phi) is 10.6. The Balaban J connectivity index is 2.66. The number of rotatable bonds is 9. The molecule has 0 spiro atoms. The van der Waals surface area contributed by atoms with Gasteiger partial charge in [-0.3, -0.25) is 10.1 Å². The number of hydrogen-bond donors (Lipinski definition) is 1. The first kappa shape index (κ1) is 22.7. The fourth-order valence-corrected chi connectivity index (χ4v) is 2.76. The summed E-state index contributed by atoms with van der Waals surface area (Å²) in [6.07, 6.45) is 1.97. The number of ether oxygens (including phenoxy) is 1. The van der Waals surface area contributed by atoms with Crippen molar-refractivity contribution in [3.8, 4) is 0 Å². The monoisotopic (exact) mass is 401 g/mol. The maximum Gasteiger partial charge on any atom is 0.291 e. The molecule has 0 heterocycles. The number of carbonyl (C=O) groups excluding carboxylic acids is 1. The second-order valence-electron chi connectivity index (χ2n) is 5.97. The summed E-state index contributed by atoms with van der Waals surface area (Å²) in [6.45, 7) is 11.8. The summed E-state index contributed by atoms with van der Waals surface area (Å²) in [4.78, 5) is 19.3. The zero-order valence-corrected chi connectivity index (χ0v) is 17.5. The highest BCUT2D eigenvalue weighted by molar-refractivity contribution is 6.42. The van der Waals surface area contributed by atoms with E-state index in [4.69, 9.17) is 27.9 Å². The van der Waals surface area contributed by atoms with Crippen molar-refractivity contribution in [3.05, 3.63) is 33.8 Å². The van der Waals surface area contributed by atoms with Gasteiger partial charge in [0.05, 0.1) is 22.7 Å². The molecule has 1 rings (SSSR count). The molecule has 0 saturated heterocycles. The third-order valence-electron chi connectivity index (χ3n) is 4.01. The molecule has 0 radical (unpaired) electrons. The third-order valence-corrected chi connectivity index (χ3v) is 4.75. The van der Waals surface area contributed by atoms with E-state index in [0.717, 1.165) is 32.5 Å². The largest absolute Gasteiger partial charge is 0.465 e. The van der Waals surface area contributed by atoms with Crippen LogP contribution in [0.2, 0.25) is 10.0 Å². The number of halogens is 2. The molecule has 1 amide bonds. The minimum atomic E-state index is -0.328. The van der Waals surface area contributed by atoms with E-state index in [9.17, 15) is 4.79 Å². The summed E-state index contributed by atoms with van der Waals surface area (Å²) in [5, 5.41) is 3.45. The van der Waals surface area contributed by atoms with Gasteiger partial charge in [-0.2, -0.15) is 0 Å². The predicted molar refractivity (Wildman–Crippen MR) is 109 cm³/mol. The van der Waals surface area contributed by atoms with Crippen LogP contribution in [0, 0.1) is 0 Å². The van der Waals surface area contributed by atoms with Crippen LogP contribution in [0.5, 0.6) is 0 Å². The Morgan fingerprint density at radius 3 is 2.50 bits per heavy atom. The van der Waals surface area contributed by atoms with Crippen molar-refractivity contribution in [3.63, 3.8) is 0 Å². The molecule has 0 unspecified atom stereocenters. The van der Waals surface area contributed by atoms with E-state index in [1.165, 1.54) is 6.07 Å². The first-order chi connectivity index (χ1) is 12.4. The Hall–Kier alpha value is -1.30. The maximum absolute atomic E-state index is 12.4. The van der Waals surface area contributed by atoms with Gasteiger partial charge in [0.15, 0.2) is 0 Å². The molecular formula is C19H29Cl2N3O2. The van der Waals surface area contributed by atoms with E-state index >= 15 is 0 Å². The summed E-state index contributed by atoms with van der Waals surface area (Å²) in [6, 6.07) is 5.02. The van der Waals surface area contributed by atoms with Crippen LogP contribution in [0.25, 0.3) is 0 Å². The van der Waals surface area contributed by atoms with Crippen molar-refractivity contribution in [1.29, 1.82) is 0 Å². The van der Waals surface area contributed by atoms with Crippen LogP contribution in [0.3, 0.4) is 0 Å². The SMILES string of the molecule is CCOC(=N[C@H](C)CCCN(CC)CC)NC(=O)c1ccc(Cl)c(Cl)c1. The normalized spacial score (nSPS) is 13.0. The van der Waals surface area contributed by atoms with E-state index < -0.39 is 0 Å². The van der Waals surface area contributed by atoms with E-state index in [0.29, 0.717) is 22.2 Å². The zero-order chi connectivity index (χ0) is 19.5. The molecule has 0 aliphatic heterocycles. The molecule has 1 N–H and O–H groups in total. The molecular weight excluding hydrogens is 373 g/mol. The van der Waals surface area contributed by atoms with Gasteiger partial charge in [-0.15, -0.1) is 0 Å². The minimum Gasteiger partial charge on any atom is -0.465 e. The molecule has 0 fully saturated rings. The number of nitrogens with one attached hydrogen (secondary N) is 1. The van der Waals surface area contributed by atoms with Crippen molar-refractivity contribution in [1.82, 2.24) is 10.2 Å². The summed E-state index contributed by atoms with van der Waals surface area (Å²) < 4.78 is 5.48. The Labute approximate surface area is 166 Å². The van der Waals surface area contributed by atoms with Crippen molar-refractivity contribution in [2.45, 2.75) is 46.6 Å². The van der Waals surface area contributed by atoms with Gasteiger partial charge < -0.3 is 9.64 Å². The molecule has 0 aliphatic rings. The summed E-state index contributed by atoms with van der Waals surface area (Å²) in [5.41, 5.74) is 0.404. The molecule has 1 aromatic carbocycles. The quantitative estimate of drug-likeness (QED) is 0.484. The van der Waals surface area contributed by atoms with Gasteiger partial charge >= 0.3 is 0 Å². The van der Waals surface area contributed by atoms with Crippen LogP contribution < -0.4 is 5.32 Å². The van der Waals surface area contributed by atoms with Gasteiger partial charge in [-0.25, -0.2) is 4.99 Å². The smallest absolute Gasteiger partial charge is 0.291 e. The number of carbonyl (C=O) groups is 1. The Bertz CT molecular complexity index is 604. The predicted octanol–water partition coefficient (Wildman–Crippen LogP) is 4.63. The van der Waals surface area contributed by atoms with Gasteiger partial charge in [0.2, 0.25) is 0 Å². The van der Waals surface area contributed by atoms with E-state index in [2.05, 4.69) is 29.1 Å².